The molecule has 0 saturated carbocycles. The monoisotopic (exact) mass is 495 g/mol. The van der Waals surface area contributed by atoms with Gasteiger partial charge < -0.3 is 20.7 Å². The summed E-state index contributed by atoms with van der Waals surface area (Å²) in [6.07, 6.45) is 4.58. The number of carbonyl (C=O) groups is 1. The number of hydrogen-bond donors (Lipinski definition) is 2. The first kappa shape index (κ1) is 22.9. The van der Waals surface area contributed by atoms with Crippen LogP contribution in [-0.2, 0) is 11.2 Å². The Labute approximate surface area is 176 Å². The lowest BCUT2D eigenvalue weighted by atomic mass is 10.1. The van der Waals surface area contributed by atoms with E-state index in [4.69, 9.17) is 10.5 Å². The third-order valence-corrected chi connectivity index (χ3v) is 5.15. The molecule has 0 spiro atoms. The maximum Gasteiger partial charge on any atom is 0.409 e. The summed E-state index contributed by atoms with van der Waals surface area (Å²) < 4.78 is 5.02. The second-order valence-corrected chi connectivity index (χ2v) is 7.15. The van der Waals surface area contributed by atoms with Gasteiger partial charge in [-0.2, -0.15) is 0 Å². The van der Waals surface area contributed by atoms with E-state index in [1.54, 1.807) is 16.2 Å². The van der Waals surface area contributed by atoms with Crippen LogP contribution in [-0.4, -0.2) is 54.2 Å². The number of carbonyl (C=O) groups excluding carboxylic acids is 1. The van der Waals surface area contributed by atoms with Crippen LogP contribution in [0.25, 0.3) is 0 Å². The molecule has 0 radical (unpaired) electrons. The number of guanidine groups is 1. The minimum absolute atomic E-state index is 0. The minimum Gasteiger partial charge on any atom is -0.450 e. The van der Waals surface area contributed by atoms with Gasteiger partial charge in [0.2, 0.25) is 0 Å². The second kappa shape index (κ2) is 12.3. The van der Waals surface area contributed by atoms with Gasteiger partial charge in [0.1, 0.15) is 0 Å². The van der Waals surface area contributed by atoms with Gasteiger partial charge in [0, 0.05) is 36.8 Å². The fourth-order valence-corrected chi connectivity index (χ4v) is 3.60. The molecule has 1 fully saturated rings. The molecule has 3 N–H and O–H groups in total. The van der Waals surface area contributed by atoms with Crippen molar-refractivity contribution in [2.24, 2.45) is 10.7 Å². The topological polar surface area (TPSA) is 92.8 Å². The molecule has 1 aromatic rings. The number of amides is 1. The first-order valence-electron chi connectivity index (χ1n) is 8.97. The zero-order valence-electron chi connectivity index (χ0n) is 15.6. The van der Waals surface area contributed by atoms with E-state index in [0.29, 0.717) is 25.7 Å². The molecule has 2 rings (SSSR count). The number of aliphatic imine (C=N–C) groups is 1. The normalized spacial score (nSPS) is 15.5. The van der Waals surface area contributed by atoms with E-state index in [2.05, 4.69) is 20.7 Å². The Morgan fingerprint density at radius 3 is 2.81 bits per heavy atom. The Balaban J connectivity index is 0.00000338. The number of unbranched alkanes of at least 4 members (excludes halogenated alkanes) is 1. The Bertz CT molecular complexity index is 573. The van der Waals surface area contributed by atoms with Gasteiger partial charge in [-0.3, -0.25) is 4.99 Å². The van der Waals surface area contributed by atoms with Gasteiger partial charge in [-0.05, 0) is 46.0 Å². The summed E-state index contributed by atoms with van der Waals surface area (Å²) in [6, 6.07) is 0.271. The molecule has 1 aromatic heterocycles. The summed E-state index contributed by atoms with van der Waals surface area (Å²) in [4.78, 5) is 22.3. The Hall–Kier alpha value is -1.10. The Morgan fingerprint density at radius 2 is 2.19 bits per heavy atom. The number of aryl methyl sites for hydroxylation is 2. The minimum atomic E-state index is -0.224. The second-order valence-electron chi connectivity index (χ2n) is 6.21. The summed E-state index contributed by atoms with van der Waals surface area (Å²) in [5, 5.41) is 6.54. The van der Waals surface area contributed by atoms with E-state index < -0.39 is 0 Å². The maximum atomic E-state index is 11.7. The van der Waals surface area contributed by atoms with Crippen LogP contribution in [0.1, 0.15) is 43.3 Å². The number of ether oxygens (including phenoxy) is 1. The highest BCUT2D eigenvalue weighted by Gasteiger charge is 2.23. The van der Waals surface area contributed by atoms with Gasteiger partial charge in [0.05, 0.1) is 11.6 Å². The van der Waals surface area contributed by atoms with Crippen molar-refractivity contribution in [3.63, 3.8) is 0 Å². The van der Waals surface area contributed by atoms with Crippen LogP contribution in [0.2, 0.25) is 0 Å². The molecular formula is C17H30IN5O2S. The molecule has 26 heavy (non-hydrogen) atoms. The quantitative estimate of drug-likeness (QED) is 0.263. The fourth-order valence-electron chi connectivity index (χ4n) is 2.78. The lowest BCUT2D eigenvalue weighted by molar-refractivity contribution is 0.0963. The number of halogens is 1. The van der Waals surface area contributed by atoms with Crippen molar-refractivity contribution < 1.29 is 9.53 Å². The highest BCUT2D eigenvalue weighted by Crippen LogP contribution is 2.12. The fraction of sp³-hybridized carbons (Fsp3) is 0.706. The molecule has 0 bridgehead atoms. The summed E-state index contributed by atoms with van der Waals surface area (Å²) in [6.45, 7) is 6.37. The number of rotatable bonds is 7. The molecular weight excluding hydrogens is 465 g/mol. The SMILES string of the molecule is CCOC(=O)N1CCC(NC(N)=NCCCCc2nc(C)cs2)CC1.I. The van der Waals surface area contributed by atoms with Gasteiger partial charge in [-0.15, -0.1) is 35.3 Å². The third-order valence-electron chi connectivity index (χ3n) is 4.12. The Morgan fingerprint density at radius 1 is 1.46 bits per heavy atom. The number of hydrogen-bond acceptors (Lipinski definition) is 5. The highest BCUT2D eigenvalue weighted by atomic mass is 127. The molecule has 1 aliphatic heterocycles. The van der Waals surface area contributed by atoms with Crippen molar-refractivity contribution in [1.29, 1.82) is 0 Å². The number of thiazole rings is 1. The Kier molecular flexibility index (Phi) is 10.9. The van der Waals surface area contributed by atoms with Gasteiger partial charge in [0.25, 0.3) is 0 Å². The van der Waals surface area contributed by atoms with Crippen molar-refractivity contribution in [3.8, 4) is 0 Å². The van der Waals surface area contributed by atoms with Gasteiger partial charge in [-0.1, -0.05) is 0 Å². The summed E-state index contributed by atoms with van der Waals surface area (Å²) in [5.74, 6) is 0.500. The van der Waals surface area contributed by atoms with E-state index in [9.17, 15) is 4.79 Å². The van der Waals surface area contributed by atoms with E-state index in [1.165, 1.54) is 5.01 Å². The average Bonchev–Trinajstić information content (AvgIpc) is 3.01. The molecule has 7 nitrogen and oxygen atoms in total. The molecule has 0 aromatic carbocycles. The number of likely N-dealkylation sites (tertiary alicyclic amines) is 1. The zero-order valence-corrected chi connectivity index (χ0v) is 18.7. The molecule has 0 aliphatic carbocycles. The van der Waals surface area contributed by atoms with Gasteiger partial charge in [0.15, 0.2) is 5.96 Å². The van der Waals surface area contributed by atoms with Crippen molar-refractivity contribution >= 4 is 47.4 Å². The number of nitrogens with one attached hydrogen (secondary N) is 1. The van der Waals surface area contributed by atoms with Crippen LogP contribution in [0.15, 0.2) is 10.4 Å². The highest BCUT2D eigenvalue weighted by molar-refractivity contribution is 14.0. The number of nitrogens with two attached hydrogens (primary N) is 1. The predicted octanol–water partition coefficient (Wildman–Crippen LogP) is 2.92. The third kappa shape index (κ3) is 8.07. The molecule has 9 heteroatoms. The molecule has 2 heterocycles. The van der Waals surface area contributed by atoms with E-state index in [1.807, 2.05) is 13.8 Å². The smallest absolute Gasteiger partial charge is 0.409 e. The first-order valence-corrected chi connectivity index (χ1v) is 9.85. The van der Waals surface area contributed by atoms with Crippen molar-refractivity contribution in [2.45, 2.75) is 52.0 Å². The van der Waals surface area contributed by atoms with E-state index >= 15 is 0 Å². The maximum absolute atomic E-state index is 11.7. The predicted molar refractivity (Wildman–Crippen MR) is 116 cm³/mol. The van der Waals surface area contributed by atoms with Gasteiger partial charge in [-0.25, -0.2) is 9.78 Å². The molecule has 1 amide bonds. The summed E-state index contributed by atoms with van der Waals surface area (Å²) in [5.41, 5.74) is 7.06. The van der Waals surface area contributed by atoms with Crippen LogP contribution in [0, 0.1) is 6.92 Å². The lowest BCUT2D eigenvalue weighted by Gasteiger charge is -2.31. The zero-order chi connectivity index (χ0) is 18.1. The first-order chi connectivity index (χ1) is 12.1. The van der Waals surface area contributed by atoms with Gasteiger partial charge >= 0.3 is 6.09 Å². The molecule has 1 saturated heterocycles. The number of aromatic nitrogens is 1. The van der Waals surface area contributed by atoms with Crippen LogP contribution in [0.4, 0.5) is 4.79 Å². The molecule has 148 valence electrons. The lowest BCUT2D eigenvalue weighted by Crippen LogP contribution is -2.48. The van der Waals surface area contributed by atoms with Crippen molar-refractivity contribution in [1.82, 2.24) is 15.2 Å². The van der Waals surface area contributed by atoms with Crippen LogP contribution in [0.3, 0.4) is 0 Å². The van der Waals surface area contributed by atoms with Crippen molar-refractivity contribution in [2.75, 3.05) is 26.2 Å². The molecule has 0 unspecified atom stereocenters. The van der Waals surface area contributed by atoms with Crippen LogP contribution >= 0.6 is 35.3 Å². The van der Waals surface area contributed by atoms with Crippen LogP contribution in [0.5, 0.6) is 0 Å². The molecule has 1 aliphatic rings. The summed E-state index contributed by atoms with van der Waals surface area (Å²) in [7, 11) is 0. The van der Waals surface area contributed by atoms with Crippen LogP contribution < -0.4 is 11.1 Å². The number of nitrogens with zero attached hydrogens (tertiary/aromatic N) is 3. The standard InChI is InChI=1S/C17H29N5O2S.HI/c1-3-24-17(23)22-10-7-14(8-11-22)21-16(18)19-9-5-4-6-15-20-13(2)12-25-15;/h12,14H,3-11H2,1-2H3,(H3,18,19,21);1H. The molecule has 0 atom stereocenters. The van der Waals surface area contributed by atoms with Crippen molar-refractivity contribution in [3.05, 3.63) is 16.1 Å². The van der Waals surface area contributed by atoms with E-state index in [-0.39, 0.29) is 36.1 Å². The summed E-state index contributed by atoms with van der Waals surface area (Å²) >= 11 is 1.72. The largest absolute Gasteiger partial charge is 0.450 e. The average molecular weight is 495 g/mol. The number of piperidine rings is 1. The van der Waals surface area contributed by atoms with E-state index in [0.717, 1.165) is 44.3 Å².